The minimum Gasteiger partial charge on any atom is -0.423 e. The molecule has 82 valence electrons. The maximum atomic E-state index is 11.0. The molecule has 0 saturated heterocycles. The predicted molar refractivity (Wildman–Crippen MR) is 61.8 cm³/mol. The highest BCUT2D eigenvalue weighted by atomic mass is 79.9. The van der Waals surface area contributed by atoms with Crippen LogP contribution in [0.5, 0.6) is 0 Å². The van der Waals surface area contributed by atoms with Crippen LogP contribution in [0.4, 0.5) is 5.69 Å². The van der Waals surface area contributed by atoms with E-state index in [0.717, 1.165) is 0 Å². The number of benzene rings is 1. The predicted octanol–water partition coefficient (Wildman–Crippen LogP) is 2.60. The molecule has 0 aliphatic heterocycles. The number of alkyl halides is 1. The van der Waals surface area contributed by atoms with Gasteiger partial charge < -0.3 is 4.42 Å². The number of nitrogens with zero attached hydrogens (tertiary/aromatic N) is 1. The van der Waals surface area contributed by atoms with Gasteiger partial charge in [-0.2, -0.15) is 0 Å². The normalized spacial score (nSPS) is 10.6. The van der Waals surface area contributed by atoms with Crippen LogP contribution in [-0.2, 0) is 5.33 Å². The van der Waals surface area contributed by atoms with Gasteiger partial charge in [0.25, 0.3) is 5.69 Å². The number of hydrogen-bond donors (Lipinski definition) is 0. The van der Waals surface area contributed by atoms with Crippen LogP contribution in [0, 0.1) is 10.1 Å². The van der Waals surface area contributed by atoms with E-state index < -0.39 is 10.5 Å². The summed E-state index contributed by atoms with van der Waals surface area (Å²) in [7, 11) is 0. The van der Waals surface area contributed by atoms with Crippen molar-refractivity contribution in [2.24, 2.45) is 0 Å². The third-order valence-electron chi connectivity index (χ3n) is 2.16. The zero-order valence-corrected chi connectivity index (χ0v) is 9.56. The SMILES string of the molecule is O=c1ccc2cc([N+](=O)[O-])c(CBr)cc2o1. The third-order valence-corrected chi connectivity index (χ3v) is 2.77. The van der Waals surface area contributed by atoms with Gasteiger partial charge in [-0.05, 0) is 12.1 Å². The number of nitro benzene ring substituents is 1. The zero-order chi connectivity index (χ0) is 11.7. The molecule has 2 rings (SSSR count). The molecule has 0 aliphatic rings. The molecule has 1 aromatic heterocycles. The van der Waals surface area contributed by atoms with Crippen molar-refractivity contribution in [3.8, 4) is 0 Å². The maximum Gasteiger partial charge on any atom is 0.336 e. The van der Waals surface area contributed by atoms with Crippen LogP contribution in [0.3, 0.4) is 0 Å². The van der Waals surface area contributed by atoms with Crippen molar-refractivity contribution >= 4 is 32.6 Å². The van der Waals surface area contributed by atoms with E-state index in [2.05, 4.69) is 15.9 Å². The second-order valence-corrected chi connectivity index (χ2v) is 3.72. The molecule has 0 N–H and O–H groups in total. The molecule has 5 nitrogen and oxygen atoms in total. The number of fused-ring (bicyclic) bond motifs is 1. The summed E-state index contributed by atoms with van der Waals surface area (Å²) >= 11 is 3.16. The van der Waals surface area contributed by atoms with Crippen molar-refractivity contribution in [1.82, 2.24) is 0 Å². The molecule has 2 aromatic rings. The Morgan fingerprint density at radius 1 is 1.38 bits per heavy atom. The van der Waals surface area contributed by atoms with E-state index in [9.17, 15) is 14.9 Å². The average molecular weight is 284 g/mol. The van der Waals surface area contributed by atoms with Gasteiger partial charge >= 0.3 is 5.63 Å². The second-order valence-electron chi connectivity index (χ2n) is 3.16. The smallest absolute Gasteiger partial charge is 0.336 e. The van der Waals surface area contributed by atoms with Crippen LogP contribution in [0.25, 0.3) is 11.0 Å². The third kappa shape index (κ3) is 1.83. The van der Waals surface area contributed by atoms with Crippen molar-refractivity contribution in [2.45, 2.75) is 5.33 Å². The summed E-state index contributed by atoms with van der Waals surface area (Å²) in [6.07, 6.45) is 0. The number of rotatable bonds is 2. The average Bonchev–Trinajstić information content (AvgIpc) is 2.26. The lowest BCUT2D eigenvalue weighted by Crippen LogP contribution is -1.97. The number of hydrogen-bond acceptors (Lipinski definition) is 4. The molecule has 0 radical (unpaired) electrons. The van der Waals surface area contributed by atoms with Gasteiger partial charge in [-0.25, -0.2) is 4.79 Å². The van der Waals surface area contributed by atoms with E-state index in [0.29, 0.717) is 21.9 Å². The van der Waals surface area contributed by atoms with Crippen molar-refractivity contribution in [3.05, 3.63) is 50.4 Å². The zero-order valence-electron chi connectivity index (χ0n) is 7.97. The second kappa shape index (κ2) is 4.05. The maximum absolute atomic E-state index is 11.0. The van der Waals surface area contributed by atoms with Crippen molar-refractivity contribution < 1.29 is 9.34 Å². The molecular formula is C10H6BrNO4. The van der Waals surface area contributed by atoms with Gasteiger partial charge in [0, 0.05) is 28.4 Å². The van der Waals surface area contributed by atoms with E-state index in [4.69, 9.17) is 4.42 Å². The van der Waals surface area contributed by atoms with E-state index in [1.165, 1.54) is 24.3 Å². The van der Waals surface area contributed by atoms with Gasteiger partial charge in [-0.15, -0.1) is 0 Å². The Hall–Kier alpha value is -1.69. The molecule has 0 aliphatic carbocycles. The summed E-state index contributed by atoms with van der Waals surface area (Å²) in [5.74, 6) is 0. The highest BCUT2D eigenvalue weighted by Gasteiger charge is 2.14. The van der Waals surface area contributed by atoms with E-state index in [1.54, 1.807) is 0 Å². The number of nitro groups is 1. The van der Waals surface area contributed by atoms with E-state index in [-0.39, 0.29) is 5.69 Å². The fourth-order valence-corrected chi connectivity index (χ4v) is 1.87. The molecule has 0 atom stereocenters. The lowest BCUT2D eigenvalue weighted by atomic mass is 10.1. The van der Waals surface area contributed by atoms with Crippen LogP contribution in [0.15, 0.2) is 33.5 Å². The number of halogens is 1. The minimum absolute atomic E-state index is 0.0122. The molecule has 0 amide bonds. The van der Waals surface area contributed by atoms with E-state index in [1.807, 2.05) is 0 Å². The summed E-state index contributed by atoms with van der Waals surface area (Å²) in [5.41, 5.74) is 0.375. The first-order valence-electron chi connectivity index (χ1n) is 4.39. The Balaban J connectivity index is 2.80. The Morgan fingerprint density at radius 2 is 2.12 bits per heavy atom. The molecule has 16 heavy (non-hydrogen) atoms. The fourth-order valence-electron chi connectivity index (χ4n) is 1.42. The summed E-state index contributed by atoms with van der Waals surface area (Å²) in [4.78, 5) is 21.3. The van der Waals surface area contributed by atoms with Gasteiger partial charge in [0.15, 0.2) is 0 Å². The fraction of sp³-hybridized carbons (Fsp3) is 0.100. The Labute approximate surface area is 98.0 Å². The lowest BCUT2D eigenvalue weighted by Gasteiger charge is -2.01. The van der Waals surface area contributed by atoms with Gasteiger partial charge in [0.2, 0.25) is 0 Å². The van der Waals surface area contributed by atoms with Gasteiger partial charge in [0.1, 0.15) is 5.58 Å². The molecule has 0 spiro atoms. The van der Waals surface area contributed by atoms with Crippen LogP contribution in [-0.4, -0.2) is 4.92 Å². The monoisotopic (exact) mass is 283 g/mol. The summed E-state index contributed by atoms with van der Waals surface area (Å²) < 4.78 is 4.94. The Kier molecular flexibility index (Phi) is 2.74. The van der Waals surface area contributed by atoms with Gasteiger partial charge in [-0.1, -0.05) is 15.9 Å². The van der Waals surface area contributed by atoms with Gasteiger partial charge in [-0.3, -0.25) is 10.1 Å². The topological polar surface area (TPSA) is 73.3 Å². The van der Waals surface area contributed by atoms with Crippen molar-refractivity contribution in [1.29, 1.82) is 0 Å². The highest BCUT2D eigenvalue weighted by Crippen LogP contribution is 2.26. The quantitative estimate of drug-likeness (QED) is 0.367. The largest absolute Gasteiger partial charge is 0.423 e. The van der Waals surface area contributed by atoms with E-state index >= 15 is 0 Å². The first-order valence-corrected chi connectivity index (χ1v) is 5.51. The van der Waals surface area contributed by atoms with Crippen LogP contribution in [0.2, 0.25) is 0 Å². The highest BCUT2D eigenvalue weighted by molar-refractivity contribution is 9.08. The Bertz CT molecular complexity index is 620. The molecule has 0 saturated carbocycles. The van der Waals surface area contributed by atoms with Crippen LogP contribution < -0.4 is 5.63 Å². The first-order chi connectivity index (χ1) is 7.61. The van der Waals surface area contributed by atoms with Crippen molar-refractivity contribution in [2.75, 3.05) is 0 Å². The lowest BCUT2D eigenvalue weighted by molar-refractivity contribution is -0.385. The summed E-state index contributed by atoms with van der Waals surface area (Å²) in [6, 6.07) is 5.64. The molecule has 6 heteroatoms. The molecule has 0 bridgehead atoms. The molecular weight excluding hydrogens is 278 g/mol. The molecule has 0 fully saturated rings. The Morgan fingerprint density at radius 3 is 2.75 bits per heavy atom. The van der Waals surface area contributed by atoms with Gasteiger partial charge in [0.05, 0.1) is 4.92 Å². The molecule has 0 unspecified atom stereocenters. The van der Waals surface area contributed by atoms with Crippen LogP contribution >= 0.6 is 15.9 Å². The standard InChI is InChI=1S/C10H6BrNO4/c11-5-7-4-9-6(1-2-10(13)16-9)3-8(7)12(14)15/h1-4H,5H2. The molecule has 1 aromatic carbocycles. The van der Waals surface area contributed by atoms with Crippen molar-refractivity contribution in [3.63, 3.8) is 0 Å². The molecule has 1 heterocycles. The van der Waals surface area contributed by atoms with Crippen LogP contribution in [0.1, 0.15) is 5.56 Å². The first kappa shape index (κ1) is 10.8. The summed E-state index contributed by atoms with van der Waals surface area (Å²) in [6.45, 7) is 0. The minimum atomic E-state index is -0.470. The summed E-state index contributed by atoms with van der Waals surface area (Å²) in [5, 5.41) is 11.7.